The number of rotatable bonds is 6. The van der Waals surface area contributed by atoms with Gasteiger partial charge in [0.25, 0.3) is 0 Å². The zero-order valence-corrected chi connectivity index (χ0v) is 10.8. The average molecular weight is 247 g/mol. The summed E-state index contributed by atoms with van der Waals surface area (Å²) in [5, 5.41) is 0. The van der Waals surface area contributed by atoms with Crippen molar-refractivity contribution in [2.24, 2.45) is 4.99 Å². The molecule has 0 N–H and O–H groups in total. The lowest BCUT2D eigenvalue weighted by Gasteiger charge is -2.21. The molecule has 0 radical (unpaired) electrons. The third-order valence-electron chi connectivity index (χ3n) is 2.96. The fourth-order valence-electron chi connectivity index (χ4n) is 1.97. The number of benzene rings is 1. The van der Waals surface area contributed by atoms with E-state index in [1.165, 1.54) is 5.56 Å². The quantitative estimate of drug-likeness (QED) is 0.571. The van der Waals surface area contributed by atoms with Crippen molar-refractivity contribution in [3.63, 3.8) is 0 Å². The number of nitrogens with zero attached hydrogens (tertiary/aromatic N) is 1. The Morgan fingerprint density at radius 2 is 2.22 bits per heavy atom. The standard InChI is InChI=1S/C15H21NO2/c1-2-6-14(7-3-1)12-16-9-5-11-18-15-8-4-10-17-13-15/h1-3,6-7,9,15H,4-5,8,10-13H2. The lowest BCUT2D eigenvalue weighted by atomic mass is 10.2. The van der Waals surface area contributed by atoms with Crippen LogP contribution in [0.2, 0.25) is 0 Å². The van der Waals surface area contributed by atoms with Gasteiger partial charge in [0.2, 0.25) is 0 Å². The third-order valence-corrected chi connectivity index (χ3v) is 2.96. The lowest BCUT2D eigenvalue weighted by molar-refractivity contribution is -0.0475. The van der Waals surface area contributed by atoms with E-state index in [0.29, 0.717) is 6.10 Å². The molecule has 1 aromatic carbocycles. The summed E-state index contributed by atoms with van der Waals surface area (Å²) in [7, 11) is 0. The maximum absolute atomic E-state index is 5.72. The number of aliphatic imine (C=N–C) groups is 1. The highest BCUT2D eigenvalue weighted by molar-refractivity contribution is 5.57. The summed E-state index contributed by atoms with van der Waals surface area (Å²) in [6, 6.07) is 10.3. The molecule has 1 unspecified atom stereocenters. The summed E-state index contributed by atoms with van der Waals surface area (Å²) >= 11 is 0. The molecule has 1 aromatic rings. The van der Waals surface area contributed by atoms with Gasteiger partial charge in [0, 0.05) is 19.2 Å². The van der Waals surface area contributed by atoms with Crippen molar-refractivity contribution >= 4 is 6.21 Å². The van der Waals surface area contributed by atoms with E-state index in [1.807, 2.05) is 24.4 Å². The molecule has 0 spiro atoms. The van der Waals surface area contributed by atoms with Gasteiger partial charge in [0.15, 0.2) is 0 Å². The predicted molar refractivity (Wildman–Crippen MR) is 73.0 cm³/mol. The van der Waals surface area contributed by atoms with Crippen molar-refractivity contribution in [2.75, 3.05) is 19.8 Å². The highest BCUT2D eigenvalue weighted by atomic mass is 16.5. The van der Waals surface area contributed by atoms with E-state index < -0.39 is 0 Å². The molecule has 3 nitrogen and oxygen atoms in total. The van der Waals surface area contributed by atoms with Gasteiger partial charge < -0.3 is 9.47 Å². The largest absolute Gasteiger partial charge is 0.379 e. The topological polar surface area (TPSA) is 30.8 Å². The molecule has 1 aliphatic rings. The van der Waals surface area contributed by atoms with Crippen molar-refractivity contribution < 1.29 is 9.47 Å². The Bertz CT molecular complexity index is 345. The van der Waals surface area contributed by atoms with Crippen molar-refractivity contribution in [1.29, 1.82) is 0 Å². The molecule has 0 bridgehead atoms. The summed E-state index contributed by atoms with van der Waals surface area (Å²) in [6.45, 7) is 3.14. The number of hydrogen-bond acceptors (Lipinski definition) is 3. The van der Waals surface area contributed by atoms with E-state index in [4.69, 9.17) is 9.47 Å². The zero-order chi connectivity index (χ0) is 12.5. The third kappa shape index (κ3) is 4.98. The second kappa shape index (κ2) is 8.01. The minimum Gasteiger partial charge on any atom is -0.379 e. The minimum atomic E-state index is 0.293. The molecule has 2 rings (SSSR count). The number of hydrogen-bond donors (Lipinski definition) is 0. The maximum atomic E-state index is 5.72. The van der Waals surface area contributed by atoms with E-state index in [-0.39, 0.29) is 0 Å². The van der Waals surface area contributed by atoms with Crippen molar-refractivity contribution in [2.45, 2.75) is 31.9 Å². The van der Waals surface area contributed by atoms with Crippen molar-refractivity contribution in [3.05, 3.63) is 35.9 Å². The predicted octanol–water partition coefficient (Wildman–Crippen LogP) is 2.84. The Morgan fingerprint density at radius 3 is 3.00 bits per heavy atom. The first kappa shape index (κ1) is 13.2. The van der Waals surface area contributed by atoms with Crippen LogP contribution in [0.3, 0.4) is 0 Å². The molecule has 1 heterocycles. The van der Waals surface area contributed by atoms with Gasteiger partial charge in [0.1, 0.15) is 0 Å². The van der Waals surface area contributed by atoms with Gasteiger partial charge >= 0.3 is 0 Å². The molecule has 0 aliphatic carbocycles. The molecule has 18 heavy (non-hydrogen) atoms. The first-order valence-corrected chi connectivity index (χ1v) is 6.67. The fraction of sp³-hybridized carbons (Fsp3) is 0.533. The van der Waals surface area contributed by atoms with Crippen LogP contribution in [0.4, 0.5) is 0 Å². The van der Waals surface area contributed by atoms with Gasteiger partial charge in [-0.1, -0.05) is 30.3 Å². The van der Waals surface area contributed by atoms with Crippen molar-refractivity contribution in [3.8, 4) is 0 Å². The molecule has 1 atom stereocenters. The molecule has 98 valence electrons. The average Bonchev–Trinajstić information content (AvgIpc) is 2.45. The van der Waals surface area contributed by atoms with Crippen LogP contribution in [0.5, 0.6) is 0 Å². The van der Waals surface area contributed by atoms with Gasteiger partial charge in [0.05, 0.1) is 25.9 Å². The van der Waals surface area contributed by atoms with Crippen LogP contribution in [0.1, 0.15) is 24.8 Å². The van der Waals surface area contributed by atoms with Gasteiger partial charge in [-0.25, -0.2) is 0 Å². The molecule has 1 aliphatic heterocycles. The second-order valence-corrected chi connectivity index (χ2v) is 4.51. The van der Waals surface area contributed by atoms with Crippen LogP contribution in [0, 0.1) is 0 Å². The first-order chi connectivity index (χ1) is 8.95. The maximum Gasteiger partial charge on any atom is 0.0809 e. The first-order valence-electron chi connectivity index (χ1n) is 6.67. The lowest BCUT2D eigenvalue weighted by Crippen LogP contribution is -2.25. The molecule has 1 fully saturated rings. The van der Waals surface area contributed by atoms with Gasteiger partial charge in [-0.05, 0) is 18.4 Å². The zero-order valence-electron chi connectivity index (χ0n) is 10.8. The highest BCUT2D eigenvalue weighted by Gasteiger charge is 2.13. The molecule has 3 heteroatoms. The van der Waals surface area contributed by atoms with E-state index in [0.717, 1.165) is 45.6 Å². The highest BCUT2D eigenvalue weighted by Crippen LogP contribution is 2.09. The van der Waals surface area contributed by atoms with Gasteiger partial charge in [-0.3, -0.25) is 4.99 Å². The molecular formula is C15H21NO2. The number of ether oxygens (including phenoxy) is 2. The van der Waals surface area contributed by atoms with Crippen LogP contribution >= 0.6 is 0 Å². The van der Waals surface area contributed by atoms with Crippen molar-refractivity contribution in [1.82, 2.24) is 0 Å². The molecule has 0 saturated carbocycles. The smallest absolute Gasteiger partial charge is 0.0809 e. The van der Waals surface area contributed by atoms with E-state index in [2.05, 4.69) is 17.1 Å². The van der Waals surface area contributed by atoms with E-state index >= 15 is 0 Å². The van der Waals surface area contributed by atoms with Crippen LogP contribution < -0.4 is 0 Å². The van der Waals surface area contributed by atoms with Gasteiger partial charge in [-0.15, -0.1) is 0 Å². The minimum absolute atomic E-state index is 0.293. The summed E-state index contributed by atoms with van der Waals surface area (Å²) < 4.78 is 11.1. The molecule has 1 saturated heterocycles. The van der Waals surface area contributed by atoms with E-state index in [9.17, 15) is 0 Å². The van der Waals surface area contributed by atoms with Crippen LogP contribution in [0.25, 0.3) is 0 Å². The summed E-state index contributed by atoms with van der Waals surface area (Å²) in [5.41, 5.74) is 1.25. The Labute approximate surface area is 109 Å². The van der Waals surface area contributed by atoms with E-state index in [1.54, 1.807) is 0 Å². The Hall–Kier alpha value is -1.19. The molecule has 0 amide bonds. The van der Waals surface area contributed by atoms with Gasteiger partial charge in [-0.2, -0.15) is 0 Å². The van der Waals surface area contributed by atoms with Crippen LogP contribution in [-0.2, 0) is 16.0 Å². The molecule has 0 aromatic heterocycles. The Morgan fingerprint density at radius 1 is 1.33 bits per heavy atom. The Balaban J connectivity index is 1.55. The second-order valence-electron chi connectivity index (χ2n) is 4.51. The summed E-state index contributed by atoms with van der Waals surface area (Å²) in [5.74, 6) is 0. The summed E-state index contributed by atoms with van der Waals surface area (Å²) in [6.07, 6.45) is 5.37. The van der Waals surface area contributed by atoms with Crippen LogP contribution in [0.15, 0.2) is 35.3 Å². The summed E-state index contributed by atoms with van der Waals surface area (Å²) in [4.78, 5) is 4.39. The Kier molecular flexibility index (Phi) is 5.89. The monoisotopic (exact) mass is 247 g/mol. The normalized spacial score (nSPS) is 20.3. The fourth-order valence-corrected chi connectivity index (χ4v) is 1.97. The molecular weight excluding hydrogens is 226 g/mol. The van der Waals surface area contributed by atoms with Crippen LogP contribution in [-0.4, -0.2) is 32.1 Å². The SMILES string of the molecule is C(CCOC1CCCOC1)=NCc1ccccc1.